The van der Waals surface area contributed by atoms with E-state index in [9.17, 15) is 33.6 Å². The monoisotopic (exact) mass is 366 g/mol. The van der Waals surface area contributed by atoms with Crippen LogP contribution in [0.15, 0.2) is 24.8 Å². The van der Waals surface area contributed by atoms with E-state index >= 15 is 0 Å². The molecule has 1 rings (SSSR count). The molecule has 5 N–H and O–H groups in total. The zero-order valence-electron chi connectivity index (χ0n) is 13.2. The van der Waals surface area contributed by atoms with Gasteiger partial charge in [0.15, 0.2) is 17.5 Å². The van der Waals surface area contributed by atoms with Crippen LogP contribution in [0.3, 0.4) is 0 Å². The highest BCUT2D eigenvalue weighted by Crippen LogP contribution is 2.19. The van der Waals surface area contributed by atoms with Crippen molar-refractivity contribution in [2.24, 2.45) is 0 Å². The highest BCUT2D eigenvalue weighted by molar-refractivity contribution is 5.19. The summed E-state index contributed by atoms with van der Waals surface area (Å²) in [6, 6.07) is 1.68. The van der Waals surface area contributed by atoms with Gasteiger partial charge in [-0.2, -0.15) is 0 Å². The maximum atomic E-state index is 13.6. The van der Waals surface area contributed by atoms with E-state index in [0.717, 1.165) is 6.07 Å². The molecule has 0 saturated heterocycles. The highest BCUT2D eigenvalue weighted by Gasteiger charge is 2.35. The molecule has 0 aliphatic heterocycles. The average molecular weight is 366 g/mol. The fourth-order valence-corrected chi connectivity index (χ4v) is 2.10. The third-order valence-electron chi connectivity index (χ3n) is 3.63. The third-order valence-corrected chi connectivity index (χ3v) is 3.63. The Hall–Kier alpha value is -1.49. The van der Waals surface area contributed by atoms with Crippen LogP contribution in [0.5, 0.6) is 0 Å². The molecule has 5 unspecified atom stereocenters. The van der Waals surface area contributed by atoms with Crippen molar-refractivity contribution < 1.29 is 43.4 Å². The van der Waals surface area contributed by atoms with Crippen molar-refractivity contribution in [3.05, 3.63) is 47.8 Å². The van der Waals surface area contributed by atoms with Crippen LogP contribution in [0.2, 0.25) is 0 Å². The lowest BCUT2D eigenvalue weighted by Gasteiger charge is -2.30. The second kappa shape index (κ2) is 9.85. The summed E-state index contributed by atoms with van der Waals surface area (Å²) in [6.45, 7) is 2.03. The Bertz CT molecular complexity index is 571. The molecule has 0 aromatic heterocycles. The summed E-state index contributed by atoms with van der Waals surface area (Å²) >= 11 is 0. The standard InChI is InChI=1S/C16H21F3O6/c1-2-3-11(15(23)16(24)14(22)10(21)6-20)25-7-8-4-5-9(17)13(19)12(8)18/h2,4-5,10-11,14-16,20-24H,1,3,6-7H2. The molecule has 6 nitrogen and oxygen atoms in total. The minimum absolute atomic E-state index is 0.0362. The van der Waals surface area contributed by atoms with E-state index < -0.39 is 61.2 Å². The molecule has 25 heavy (non-hydrogen) atoms. The molecule has 0 aliphatic carbocycles. The summed E-state index contributed by atoms with van der Waals surface area (Å²) in [4.78, 5) is 0. The van der Waals surface area contributed by atoms with Crippen molar-refractivity contribution >= 4 is 0 Å². The number of benzene rings is 1. The molecule has 0 saturated carbocycles. The topological polar surface area (TPSA) is 110 Å². The smallest absolute Gasteiger partial charge is 0.194 e. The van der Waals surface area contributed by atoms with Crippen molar-refractivity contribution in [3.8, 4) is 0 Å². The Morgan fingerprint density at radius 3 is 2.20 bits per heavy atom. The van der Waals surface area contributed by atoms with Crippen molar-refractivity contribution in [2.75, 3.05) is 6.61 Å². The zero-order chi connectivity index (χ0) is 19.1. The van der Waals surface area contributed by atoms with Crippen LogP contribution in [0.25, 0.3) is 0 Å². The molecule has 0 spiro atoms. The minimum Gasteiger partial charge on any atom is -0.394 e. The fourth-order valence-electron chi connectivity index (χ4n) is 2.10. The minimum atomic E-state index is -1.89. The fraction of sp³-hybridized carbons (Fsp3) is 0.500. The van der Waals surface area contributed by atoms with Gasteiger partial charge in [0, 0.05) is 5.56 Å². The third kappa shape index (κ3) is 5.50. The van der Waals surface area contributed by atoms with E-state index in [0.29, 0.717) is 6.07 Å². The first kappa shape index (κ1) is 21.6. The van der Waals surface area contributed by atoms with Gasteiger partial charge in [-0.05, 0) is 12.5 Å². The van der Waals surface area contributed by atoms with Crippen LogP contribution in [-0.4, -0.2) is 62.7 Å². The van der Waals surface area contributed by atoms with Crippen molar-refractivity contribution in [1.29, 1.82) is 0 Å². The maximum absolute atomic E-state index is 13.6. The van der Waals surface area contributed by atoms with E-state index in [1.165, 1.54) is 6.08 Å². The van der Waals surface area contributed by atoms with Crippen LogP contribution >= 0.6 is 0 Å². The number of hydrogen-bond acceptors (Lipinski definition) is 6. The molecular weight excluding hydrogens is 345 g/mol. The number of aliphatic hydroxyl groups is 5. The van der Waals surface area contributed by atoms with E-state index in [2.05, 4.69) is 6.58 Å². The largest absolute Gasteiger partial charge is 0.394 e. The number of aliphatic hydroxyl groups excluding tert-OH is 5. The van der Waals surface area contributed by atoms with Gasteiger partial charge in [-0.25, -0.2) is 13.2 Å². The van der Waals surface area contributed by atoms with Gasteiger partial charge in [-0.3, -0.25) is 0 Å². The van der Waals surface area contributed by atoms with Crippen LogP contribution < -0.4 is 0 Å². The van der Waals surface area contributed by atoms with Crippen molar-refractivity contribution in [2.45, 2.75) is 43.5 Å². The van der Waals surface area contributed by atoms with E-state index in [4.69, 9.17) is 9.84 Å². The molecule has 1 aromatic rings. The number of rotatable bonds is 10. The second-order valence-electron chi connectivity index (χ2n) is 5.43. The van der Waals surface area contributed by atoms with E-state index in [1.54, 1.807) is 0 Å². The van der Waals surface area contributed by atoms with Gasteiger partial charge in [0.1, 0.15) is 24.4 Å². The molecule has 0 heterocycles. The SMILES string of the molecule is C=CCC(OCc1ccc(F)c(F)c1F)C(O)C(O)C(O)C(O)CO. The normalized spacial score (nSPS) is 17.6. The molecule has 0 radical (unpaired) electrons. The summed E-state index contributed by atoms with van der Waals surface area (Å²) < 4.78 is 44.9. The maximum Gasteiger partial charge on any atom is 0.194 e. The van der Waals surface area contributed by atoms with Crippen molar-refractivity contribution in [1.82, 2.24) is 0 Å². The van der Waals surface area contributed by atoms with Gasteiger partial charge < -0.3 is 30.3 Å². The number of ether oxygens (including phenoxy) is 1. The van der Waals surface area contributed by atoms with Crippen LogP contribution in [0, 0.1) is 17.5 Å². The molecule has 0 fully saturated rings. The van der Waals surface area contributed by atoms with Gasteiger partial charge in [0.05, 0.1) is 19.3 Å². The van der Waals surface area contributed by atoms with Crippen molar-refractivity contribution in [3.63, 3.8) is 0 Å². The molecule has 5 atom stereocenters. The molecule has 142 valence electrons. The molecular formula is C16H21F3O6. The molecule has 0 aliphatic rings. The Morgan fingerprint density at radius 2 is 1.64 bits per heavy atom. The first-order chi connectivity index (χ1) is 11.7. The van der Waals surface area contributed by atoms with Gasteiger partial charge in [0.25, 0.3) is 0 Å². The lowest BCUT2D eigenvalue weighted by Crippen LogP contribution is -2.50. The van der Waals surface area contributed by atoms with Crippen LogP contribution in [0.1, 0.15) is 12.0 Å². The summed E-state index contributed by atoms with van der Waals surface area (Å²) in [5, 5.41) is 47.6. The molecule has 0 amide bonds. The molecule has 0 bridgehead atoms. The van der Waals surface area contributed by atoms with Gasteiger partial charge >= 0.3 is 0 Å². The lowest BCUT2D eigenvalue weighted by atomic mass is 9.97. The first-order valence-electron chi connectivity index (χ1n) is 7.42. The predicted molar refractivity (Wildman–Crippen MR) is 80.8 cm³/mol. The highest BCUT2D eigenvalue weighted by atomic mass is 19.2. The van der Waals surface area contributed by atoms with Gasteiger partial charge in [-0.1, -0.05) is 12.1 Å². The number of halogens is 3. The Balaban J connectivity index is 2.83. The van der Waals surface area contributed by atoms with Crippen LogP contribution in [-0.2, 0) is 11.3 Å². The quantitative estimate of drug-likeness (QED) is 0.295. The summed E-state index contributed by atoms with van der Waals surface area (Å²) in [5.41, 5.74) is -0.314. The first-order valence-corrected chi connectivity index (χ1v) is 7.42. The summed E-state index contributed by atoms with van der Waals surface area (Å²) in [5.74, 6) is -4.47. The van der Waals surface area contributed by atoms with Crippen LogP contribution in [0.4, 0.5) is 13.2 Å². The average Bonchev–Trinajstić information content (AvgIpc) is 2.61. The molecule has 9 heteroatoms. The number of hydrogen-bond donors (Lipinski definition) is 5. The van der Waals surface area contributed by atoms with Gasteiger partial charge in [-0.15, -0.1) is 6.58 Å². The van der Waals surface area contributed by atoms with E-state index in [1.807, 2.05) is 0 Å². The summed E-state index contributed by atoms with van der Waals surface area (Å²) in [6.07, 6.45) is -7.10. The Kier molecular flexibility index (Phi) is 8.50. The zero-order valence-corrected chi connectivity index (χ0v) is 13.2. The van der Waals surface area contributed by atoms with E-state index in [-0.39, 0.29) is 12.0 Å². The Labute approximate surface area is 142 Å². The second-order valence-corrected chi connectivity index (χ2v) is 5.43. The molecule has 1 aromatic carbocycles. The predicted octanol–water partition coefficient (Wildman–Crippen LogP) is 0.00110. The Morgan fingerprint density at radius 1 is 1.00 bits per heavy atom. The lowest BCUT2D eigenvalue weighted by molar-refractivity contribution is -0.152. The van der Waals surface area contributed by atoms with Gasteiger partial charge in [0.2, 0.25) is 0 Å². The summed E-state index contributed by atoms with van der Waals surface area (Å²) in [7, 11) is 0.